The van der Waals surface area contributed by atoms with Crippen LogP contribution in [-0.4, -0.2) is 47.0 Å². The van der Waals surface area contributed by atoms with Gasteiger partial charge in [-0.1, -0.05) is 18.5 Å². The van der Waals surface area contributed by atoms with E-state index in [4.69, 9.17) is 11.6 Å². The fourth-order valence-electron chi connectivity index (χ4n) is 3.09. The molecule has 1 N–H and O–H groups in total. The molecule has 1 aliphatic heterocycles. The molecule has 1 saturated heterocycles. The standard InChI is InChI=1S/C15H18ClFN4O2S/c1-9-8-21(24(2,22)23)6-5-11(9)13-14(16)20-15(19-13)12-4-3-10(17)7-18-12/h3-4,7,9,11H,5-6,8H2,1-2H3,(H,19,20)/t9-,11+/m0/s1. The average molecular weight is 373 g/mol. The summed E-state index contributed by atoms with van der Waals surface area (Å²) in [5.74, 6) is 0.240. The Labute approximate surface area is 145 Å². The van der Waals surface area contributed by atoms with Crippen LogP contribution in [0.3, 0.4) is 0 Å². The zero-order chi connectivity index (χ0) is 17.5. The second-order valence-corrected chi connectivity index (χ2v) is 8.49. The van der Waals surface area contributed by atoms with E-state index in [0.717, 1.165) is 11.9 Å². The van der Waals surface area contributed by atoms with Crippen molar-refractivity contribution in [2.45, 2.75) is 19.3 Å². The third-order valence-electron chi connectivity index (χ3n) is 4.36. The van der Waals surface area contributed by atoms with Crippen LogP contribution >= 0.6 is 11.6 Å². The Hall–Kier alpha value is -1.51. The predicted octanol–water partition coefficient (Wildman–Crippen LogP) is 2.65. The normalized spacial score (nSPS) is 22.7. The van der Waals surface area contributed by atoms with Gasteiger partial charge in [0.25, 0.3) is 0 Å². The lowest BCUT2D eigenvalue weighted by atomic mass is 9.86. The van der Waals surface area contributed by atoms with Crippen LogP contribution in [0.4, 0.5) is 4.39 Å². The van der Waals surface area contributed by atoms with E-state index in [2.05, 4.69) is 15.0 Å². The number of H-pyrrole nitrogens is 1. The third kappa shape index (κ3) is 3.45. The summed E-state index contributed by atoms with van der Waals surface area (Å²) in [5.41, 5.74) is 1.28. The maximum Gasteiger partial charge on any atom is 0.211 e. The Morgan fingerprint density at radius 3 is 2.75 bits per heavy atom. The monoisotopic (exact) mass is 372 g/mol. The quantitative estimate of drug-likeness (QED) is 0.898. The molecule has 0 bridgehead atoms. The first-order valence-electron chi connectivity index (χ1n) is 7.58. The van der Waals surface area contributed by atoms with Crippen molar-refractivity contribution >= 4 is 21.6 Å². The third-order valence-corrected chi connectivity index (χ3v) is 5.92. The Balaban J connectivity index is 1.84. The number of halogens is 2. The van der Waals surface area contributed by atoms with Gasteiger partial charge >= 0.3 is 0 Å². The Bertz CT molecular complexity index is 838. The Morgan fingerprint density at radius 2 is 2.17 bits per heavy atom. The average Bonchev–Trinajstić information content (AvgIpc) is 2.89. The van der Waals surface area contributed by atoms with Gasteiger partial charge in [0.15, 0.2) is 11.0 Å². The van der Waals surface area contributed by atoms with Gasteiger partial charge in [-0.15, -0.1) is 0 Å². The van der Waals surface area contributed by atoms with Gasteiger partial charge in [0, 0.05) is 19.0 Å². The second-order valence-electron chi connectivity index (χ2n) is 6.15. The predicted molar refractivity (Wildman–Crippen MR) is 89.7 cm³/mol. The summed E-state index contributed by atoms with van der Waals surface area (Å²) in [4.78, 5) is 11.5. The minimum Gasteiger partial charge on any atom is -0.339 e. The van der Waals surface area contributed by atoms with Gasteiger partial charge in [-0.25, -0.2) is 27.1 Å². The minimum absolute atomic E-state index is 0.0807. The lowest BCUT2D eigenvalue weighted by molar-refractivity contribution is 0.247. The fourth-order valence-corrected chi connectivity index (χ4v) is 4.30. The summed E-state index contributed by atoms with van der Waals surface area (Å²) >= 11 is 6.27. The summed E-state index contributed by atoms with van der Waals surface area (Å²) in [5, 5.41) is 0.348. The molecule has 1 aliphatic rings. The Kier molecular flexibility index (Phi) is 4.63. The second kappa shape index (κ2) is 6.42. The summed E-state index contributed by atoms with van der Waals surface area (Å²) < 4.78 is 37.9. The molecule has 1 fully saturated rings. The molecule has 0 amide bonds. The number of rotatable bonds is 3. The van der Waals surface area contributed by atoms with Crippen molar-refractivity contribution in [3.8, 4) is 11.5 Å². The topological polar surface area (TPSA) is 79.0 Å². The highest BCUT2D eigenvalue weighted by molar-refractivity contribution is 7.88. The maximum atomic E-state index is 13.0. The van der Waals surface area contributed by atoms with E-state index in [0.29, 0.717) is 36.2 Å². The number of nitrogens with zero attached hydrogens (tertiary/aromatic N) is 3. The lowest BCUT2D eigenvalue weighted by Gasteiger charge is -2.35. The molecular weight excluding hydrogens is 355 g/mol. The molecule has 130 valence electrons. The van der Waals surface area contributed by atoms with Crippen LogP contribution in [0.25, 0.3) is 11.5 Å². The van der Waals surface area contributed by atoms with Gasteiger partial charge in [-0.3, -0.25) is 0 Å². The van der Waals surface area contributed by atoms with E-state index in [1.165, 1.54) is 22.7 Å². The summed E-state index contributed by atoms with van der Waals surface area (Å²) in [6, 6.07) is 2.84. The molecule has 2 aromatic heterocycles. The van der Waals surface area contributed by atoms with E-state index in [1.54, 1.807) is 0 Å². The number of hydrogen-bond acceptors (Lipinski definition) is 4. The number of aromatic nitrogens is 3. The molecule has 3 heterocycles. The zero-order valence-electron chi connectivity index (χ0n) is 13.3. The van der Waals surface area contributed by atoms with Crippen molar-refractivity contribution in [3.05, 3.63) is 35.0 Å². The first-order chi connectivity index (χ1) is 11.3. The van der Waals surface area contributed by atoms with Gasteiger partial charge < -0.3 is 4.98 Å². The summed E-state index contributed by atoms with van der Waals surface area (Å²) in [6.07, 6.45) is 3.01. The number of aromatic amines is 1. The van der Waals surface area contributed by atoms with Crippen molar-refractivity contribution in [2.24, 2.45) is 5.92 Å². The molecule has 24 heavy (non-hydrogen) atoms. The molecule has 9 heteroatoms. The highest BCUT2D eigenvalue weighted by Gasteiger charge is 2.33. The number of nitrogens with one attached hydrogen (secondary N) is 1. The van der Waals surface area contributed by atoms with Gasteiger partial charge in [0.1, 0.15) is 11.5 Å². The van der Waals surface area contributed by atoms with Gasteiger partial charge in [-0.2, -0.15) is 0 Å². The number of piperidine rings is 1. The van der Waals surface area contributed by atoms with Crippen molar-refractivity contribution in [1.29, 1.82) is 0 Å². The number of imidazole rings is 1. The van der Waals surface area contributed by atoms with Crippen molar-refractivity contribution in [1.82, 2.24) is 19.3 Å². The van der Waals surface area contributed by atoms with Crippen molar-refractivity contribution < 1.29 is 12.8 Å². The summed E-state index contributed by atoms with van der Waals surface area (Å²) in [7, 11) is -3.19. The van der Waals surface area contributed by atoms with Crippen LogP contribution in [-0.2, 0) is 10.0 Å². The molecule has 0 aromatic carbocycles. The van der Waals surface area contributed by atoms with Crippen LogP contribution < -0.4 is 0 Å². The van der Waals surface area contributed by atoms with E-state index in [1.807, 2.05) is 6.92 Å². The van der Waals surface area contributed by atoms with Gasteiger partial charge in [-0.05, 0) is 24.5 Å². The number of hydrogen-bond donors (Lipinski definition) is 1. The largest absolute Gasteiger partial charge is 0.339 e. The minimum atomic E-state index is -3.19. The van der Waals surface area contributed by atoms with Crippen LogP contribution in [0.15, 0.2) is 18.3 Å². The van der Waals surface area contributed by atoms with Crippen LogP contribution in [0.5, 0.6) is 0 Å². The highest BCUT2D eigenvalue weighted by atomic mass is 35.5. The molecule has 3 rings (SSSR count). The van der Waals surface area contributed by atoms with Gasteiger partial charge in [0.05, 0.1) is 18.1 Å². The molecule has 0 unspecified atom stereocenters. The molecule has 0 aliphatic carbocycles. The highest BCUT2D eigenvalue weighted by Crippen LogP contribution is 2.36. The molecular formula is C15H18ClFN4O2S. The van der Waals surface area contributed by atoms with Crippen LogP contribution in [0.2, 0.25) is 5.15 Å². The SMILES string of the molecule is C[C@H]1CN(S(C)(=O)=O)CC[C@H]1c1[nH]c(-c2ccc(F)cn2)nc1Cl. The number of sulfonamides is 1. The van der Waals surface area contributed by atoms with E-state index in [-0.39, 0.29) is 11.8 Å². The molecule has 6 nitrogen and oxygen atoms in total. The molecule has 0 spiro atoms. The van der Waals surface area contributed by atoms with E-state index in [9.17, 15) is 12.8 Å². The van der Waals surface area contributed by atoms with Crippen molar-refractivity contribution in [3.63, 3.8) is 0 Å². The molecule has 0 radical (unpaired) electrons. The van der Waals surface area contributed by atoms with Crippen molar-refractivity contribution in [2.75, 3.05) is 19.3 Å². The molecule has 0 saturated carbocycles. The fraction of sp³-hybridized carbons (Fsp3) is 0.467. The molecule has 2 atom stereocenters. The lowest BCUT2D eigenvalue weighted by Crippen LogP contribution is -2.41. The van der Waals surface area contributed by atoms with E-state index < -0.39 is 15.8 Å². The Morgan fingerprint density at radius 1 is 1.42 bits per heavy atom. The number of pyridine rings is 1. The first-order valence-corrected chi connectivity index (χ1v) is 9.81. The van der Waals surface area contributed by atoms with Crippen LogP contribution in [0.1, 0.15) is 25.0 Å². The zero-order valence-corrected chi connectivity index (χ0v) is 14.9. The van der Waals surface area contributed by atoms with E-state index >= 15 is 0 Å². The first kappa shape index (κ1) is 17.3. The smallest absolute Gasteiger partial charge is 0.211 e. The molecule has 2 aromatic rings. The summed E-state index contributed by atoms with van der Waals surface area (Å²) in [6.45, 7) is 2.89. The van der Waals surface area contributed by atoms with Crippen LogP contribution in [0, 0.1) is 11.7 Å². The van der Waals surface area contributed by atoms with Gasteiger partial charge in [0.2, 0.25) is 10.0 Å². The maximum absolute atomic E-state index is 13.0.